The highest BCUT2D eigenvalue weighted by molar-refractivity contribution is 5.77. The molecule has 2 aromatic carbocycles. The highest BCUT2D eigenvalue weighted by atomic mass is 16.1. The van der Waals surface area contributed by atoms with E-state index in [2.05, 4.69) is 6.92 Å². The molecule has 0 amide bonds. The van der Waals surface area contributed by atoms with Crippen LogP contribution in [-0.2, 0) is 6.42 Å². The molecule has 0 saturated carbocycles. The van der Waals surface area contributed by atoms with Crippen molar-refractivity contribution in [1.82, 2.24) is 9.55 Å². The van der Waals surface area contributed by atoms with Gasteiger partial charge in [0.15, 0.2) is 0 Å². The molecule has 0 radical (unpaired) electrons. The van der Waals surface area contributed by atoms with Gasteiger partial charge in [0, 0.05) is 6.42 Å². The summed E-state index contributed by atoms with van der Waals surface area (Å²) in [5, 5.41) is 0.672. The Kier molecular flexibility index (Phi) is 4.33. The molecular weight excluding hydrogens is 272 g/mol. The lowest BCUT2D eigenvalue weighted by Crippen LogP contribution is -2.23. The van der Waals surface area contributed by atoms with Crippen LogP contribution in [0, 0.1) is 0 Å². The summed E-state index contributed by atoms with van der Waals surface area (Å²) in [6, 6.07) is 17.4. The molecule has 0 saturated heterocycles. The minimum Gasteiger partial charge on any atom is -0.268 e. The van der Waals surface area contributed by atoms with Gasteiger partial charge < -0.3 is 0 Å². The standard InChI is InChI=1S/C19H20N2O/c1-2-3-5-14-18-20-17-13-9-8-12-16(17)19(22)21(18)15-10-6-4-7-11-15/h4,6-13H,2-3,5,14H2,1H3. The molecule has 0 aliphatic rings. The van der Waals surface area contributed by atoms with Crippen molar-refractivity contribution >= 4 is 10.9 Å². The largest absolute Gasteiger partial charge is 0.268 e. The molecule has 0 aliphatic carbocycles. The minimum atomic E-state index is 0.0169. The summed E-state index contributed by atoms with van der Waals surface area (Å²) < 4.78 is 1.76. The lowest BCUT2D eigenvalue weighted by Gasteiger charge is -2.13. The predicted octanol–water partition coefficient (Wildman–Crippen LogP) is 4.12. The van der Waals surface area contributed by atoms with Crippen LogP contribution >= 0.6 is 0 Å². The summed E-state index contributed by atoms with van der Waals surface area (Å²) in [4.78, 5) is 17.7. The number of benzene rings is 2. The first kappa shape index (κ1) is 14.5. The number of hydrogen-bond donors (Lipinski definition) is 0. The number of unbranched alkanes of at least 4 members (excludes halogenated alkanes) is 2. The van der Waals surface area contributed by atoms with Gasteiger partial charge in [0.1, 0.15) is 5.82 Å². The van der Waals surface area contributed by atoms with Crippen LogP contribution < -0.4 is 5.56 Å². The highest BCUT2D eigenvalue weighted by Crippen LogP contribution is 2.14. The van der Waals surface area contributed by atoms with Gasteiger partial charge in [-0.25, -0.2) is 4.98 Å². The minimum absolute atomic E-state index is 0.0169. The van der Waals surface area contributed by atoms with Gasteiger partial charge in [0.25, 0.3) is 5.56 Å². The normalized spacial score (nSPS) is 11.0. The maximum absolute atomic E-state index is 12.9. The van der Waals surface area contributed by atoms with E-state index in [1.165, 1.54) is 0 Å². The molecule has 0 N–H and O–H groups in total. The lowest BCUT2D eigenvalue weighted by molar-refractivity contribution is 0.676. The summed E-state index contributed by atoms with van der Waals surface area (Å²) in [6.45, 7) is 2.18. The van der Waals surface area contributed by atoms with Gasteiger partial charge in [-0.05, 0) is 30.7 Å². The zero-order valence-corrected chi connectivity index (χ0v) is 12.8. The Hall–Kier alpha value is -2.42. The second kappa shape index (κ2) is 6.56. The number of fused-ring (bicyclic) bond motifs is 1. The van der Waals surface area contributed by atoms with Gasteiger partial charge in [-0.2, -0.15) is 0 Å². The molecule has 0 atom stereocenters. The van der Waals surface area contributed by atoms with E-state index in [0.717, 1.165) is 42.7 Å². The molecule has 3 nitrogen and oxygen atoms in total. The van der Waals surface area contributed by atoms with E-state index in [0.29, 0.717) is 5.39 Å². The van der Waals surface area contributed by atoms with Crippen molar-refractivity contribution < 1.29 is 0 Å². The van der Waals surface area contributed by atoms with Gasteiger partial charge in [-0.15, -0.1) is 0 Å². The van der Waals surface area contributed by atoms with E-state index in [1.54, 1.807) is 4.57 Å². The molecular formula is C19H20N2O. The predicted molar refractivity (Wildman–Crippen MR) is 90.6 cm³/mol. The molecule has 3 aromatic rings. The SMILES string of the molecule is CCCCCc1nc2ccccc2c(=O)n1-c1ccccc1. The molecule has 3 rings (SSSR count). The van der Waals surface area contributed by atoms with Crippen molar-refractivity contribution in [2.45, 2.75) is 32.6 Å². The molecule has 1 aromatic heterocycles. The summed E-state index contributed by atoms with van der Waals surface area (Å²) in [5.74, 6) is 0.850. The maximum atomic E-state index is 12.9. The van der Waals surface area contributed by atoms with Crippen molar-refractivity contribution in [2.75, 3.05) is 0 Å². The zero-order valence-electron chi connectivity index (χ0n) is 12.8. The summed E-state index contributed by atoms with van der Waals surface area (Å²) in [7, 11) is 0. The summed E-state index contributed by atoms with van der Waals surface area (Å²) in [5.41, 5.74) is 1.69. The Morgan fingerprint density at radius 1 is 0.955 bits per heavy atom. The summed E-state index contributed by atoms with van der Waals surface area (Å²) >= 11 is 0. The zero-order chi connectivity index (χ0) is 15.4. The van der Waals surface area contributed by atoms with Gasteiger partial charge in [0.05, 0.1) is 16.6 Å². The van der Waals surface area contributed by atoms with Crippen LogP contribution in [0.5, 0.6) is 0 Å². The highest BCUT2D eigenvalue weighted by Gasteiger charge is 2.11. The smallest absolute Gasteiger partial charge is 0.265 e. The summed E-state index contributed by atoms with van der Waals surface area (Å²) in [6.07, 6.45) is 4.18. The molecule has 0 bridgehead atoms. The van der Waals surface area contributed by atoms with Crippen LogP contribution in [0.15, 0.2) is 59.4 Å². The Bertz CT molecular complexity index is 822. The number of para-hydroxylation sites is 2. The average molecular weight is 292 g/mol. The van der Waals surface area contributed by atoms with E-state index in [-0.39, 0.29) is 5.56 Å². The molecule has 0 fully saturated rings. The Morgan fingerprint density at radius 3 is 2.45 bits per heavy atom. The van der Waals surface area contributed by atoms with Crippen LogP contribution in [0.4, 0.5) is 0 Å². The number of rotatable bonds is 5. The monoisotopic (exact) mass is 292 g/mol. The van der Waals surface area contributed by atoms with E-state index >= 15 is 0 Å². The van der Waals surface area contributed by atoms with E-state index in [1.807, 2.05) is 54.6 Å². The fraction of sp³-hybridized carbons (Fsp3) is 0.263. The van der Waals surface area contributed by atoms with Crippen molar-refractivity contribution in [3.05, 3.63) is 70.8 Å². The number of aryl methyl sites for hydroxylation is 1. The molecule has 112 valence electrons. The molecule has 22 heavy (non-hydrogen) atoms. The molecule has 1 heterocycles. The van der Waals surface area contributed by atoms with Crippen LogP contribution in [0.1, 0.15) is 32.0 Å². The van der Waals surface area contributed by atoms with Gasteiger partial charge in [-0.3, -0.25) is 9.36 Å². The second-order valence-corrected chi connectivity index (χ2v) is 5.48. The van der Waals surface area contributed by atoms with Crippen LogP contribution in [0.25, 0.3) is 16.6 Å². The third-order valence-electron chi connectivity index (χ3n) is 3.86. The topological polar surface area (TPSA) is 34.9 Å². The first-order valence-corrected chi connectivity index (χ1v) is 7.87. The van der Waals surface area contributed by atoms with Crippen LogP contribution in [0.3, 0.4) is 0 Å². The van der Waals surface area contributed by atoms with Crippen molar-refractivity contribution in [3.63, 3.8) is 0 Å². The maximum Gasteiger partial charge on any atom is 0.265 e. The Balaban J connectivity index is 2.20. The van der Waals surface area contributed by atoms with Crippen LogP contribution in [0.2, 0.25) is 0 Å². The van der Waals surface area contributed by atoms with Gasteiger partial charge >= 0.3 is 0 Å². The van der Waals surface area contributed by atoms with Gasteiger partial charge in [-0.1, -0.05) is 50.1 Å². The molecule has 0 spiro atoms. The van der Waals surface area contributed by atoms with E-state index in [9.17, 15) is 4.79 Å². The lowest BCUT2D eigenvalue weighted by atomic mass is 10.1. The third kappa shape index (κ3) is 2.80. The number of aromatic nitrogens is 2. The Morgan fingerprint density at radius 2 is 1.68 bits per heavy atom. The number of hydrogen-bond acceptors (Lipinski definition) is 2. The second-order valence-electron chi connectivity index (χ2n) is 5.48. The molecule has 0 unspecified atom stereocenters. The van der Waals surface area contributed by atoms with Crippen molar-refractivity contribution in [1.29, 1.82) is 0 Å². The first-order chi connectivity index (χ1) is 10.8. The van der Waals surface area contributed by atoms with E-state index in [4.69, 9.17) is 4.98 Å². The average Bonchev–Trinajstić information content (AvgIpc) is 2.56. The first-order valence-electron chi connectivity index (χ1n) is 7.87. The van der Waals surface area contributed by atoms with Crippen molar-refractivity contribution in [2.24, 2.45) is 0 Å². The fourth-order valence-electron chi connectivity index (χ4n) is 2.72. The van der Waals surface area contributed by atoms with Crippen LogP contribution in [-0.4, -0.2) is 9.55 Å². The molecule has 0 aliphatic heterocycles. The van der Waals surface area contributed by atoms with Gasteiger partial charge in [0.2, 0.25) is 0 Å². The number of nitrogens with zero attached hydrogens (tertiary/aromatic N) is 2. The quantitative estimate of drug-likeness (QED) is 0.663. The third-order valence-corrected chi connectivity index (χ3v) is 3.86. The Labute approximate surface area is 130 Å². The van der Waals surface area contributed by atoms with E-state index < -0.39 is 0 Å². The fourth-order valence-corrected chi connectivity index (χ4v) is 2.72. The molecule has 3 heteroatoms. The van der Waals surface area contributed by atoms with Crippen molar-refractivity contribution in [3.8, 4) is 5.69 Å².